The lowest BCUT2D eigenvalue weighted by molar-refractivity contribution is -0.159. The molecule has 2 N–H and O–H groups in total. The molecular formula is C14H24N2O3. The second-order valence-electron chi connectivity index (χ2n) is 5.72. The minimum absolute atomic E-state index is 0.0394. The largest absolute Gasteiger partial charge is 0.479 e. The Bertz CT molecular complexity index is 353. The van der Waals surface area contributed by atoms with E-state index in [2.05, 4.69) is 5.32 Å². The van der Waals surface area contributed by atoms with Crippen LogP contribution in [0, 0.1) is 5.92 Å². The molecule has 1 amide bonds. The zero-order chi connectivity index (χ0) is 13.9. The minimum Gasteiger partial charge on any atom is -0.479 e. The van der Waals surface area contributed by atoms with E-state index >= 15 is 0 Å². The Morgan fingerprint density at radius 1 is 1.42 bits per heavy atom. The molecule has 2 saturated heterocycles. The molecular weight excluding hydrogens is 244 g/mol. The molecule has 0 spiro atoms. The fourth-order valence-corrected chi connectivity index (χ4v) is 3.49. The van der Waals surface area contributed by atoms with Gasteiger partial charge in [0.05, 0.1) is 5.92 Å². The van der Waals surface area contributed by atoms with Crippen molar-refractivity contribution in [2.45, 2.75) is 51.0 Å². The Balaban J connectivity index is 2.16. The molecule has 2 aliphatic rings. The fraction of sp³-hybridized carbons (Fsp3) is 0.857. The van der Waals surface area contributed by atoms with Crippen LogP contribution in [0.5, 0.6) is 0 Å². The predicted octanol–water partition coefficient (Wildman–Crippen LogP) is 1.23. The van der Waals surface area contributed by atoms with Crippen molar-refractivity contribution in [3.8, 4) is 0 Å². The standard InChI is InChI=1S/C14H24N2O3/c1-2-6-14(13(18)19)7-4-9-16(14)12(17)11-5-3-8-15-10-11/h11,15H,2-10H2,1H3,(H,18,19). The van der Waals surface area contributed by atoms with E-state index in [4.69, 9.17) is 0 Å². The van der Waals surface area contributed by atoms with E-state index in [1.165, 1.54) is 0 Å². The summed E-state index contributed by atoms with van der Waals surface area (Å²) in [5.41, 5.74) is -0.941. The van der Waals surface area contributed by atoms with Crippen LogP contribution in [0.4, 0.5) is 0 Å². The lowest BCUT2D eigenvalue weighted by Crippen LogP contribution is -2.56. The number of nitrogens with one attached hydrogen (secondary N) is 1. The second-order valence-corrected chi connectivity index (χ2v) is 5.72. The van der Waals surface area contributed by atoms with Crippen LogP contribution in [0.3, 0.4) is 0 Å². The van der Waals surface area contributed by atoms with Crippen molar-refractivity contribution < 1.29 is 14.7 Å². The lowest BCUT2D eigenvalue weighted by atomic mass is 9.88. The van der Waals surface area contributed by atoms with Gasteiger partial charge in [-0.15, -0.1) is 0 Å². The van der Waals surface area contributed by atoms with E-state index in [0.717, 1.165) is 32.2 Å². The number of likely N-dealkylation sites (tertiary alicyclic amines) is 1. The zero-order valence-electron chi connectivity index (χ0n) is 11.7. The van der Waals surface area contributed by atoms with Crippen molar-refractivity contribution in [3.63, 3.8) is 0 Å². The predicted molar refractivity (Wildman–Crippen MR) is 71.8 cm³/mol. The van der Waals surface area contributed by atoms with E-state index in [9.17, 15) is 14.7 Å². The minimum atomic E-state index is -0.941. The molecule has 2 fully saturated rings. The first-order valence-electron chi connectivity index (χ1n) is 7.37. The van der Waals surface area contributed by atoms with Gasteiger partial charge in [0.1, 0.15) is 5.54 Å². The number of piperidine rings is 1. The van der Waals surface area contributed by atoms with Crippen molar-refractivity contribution in [1.82, 2.24) is 10.2 Å². The average molecular weight is 268 g/mol. The number of carbonyl (C=O) groups is 2. The van der Waals surface area contributed by atoms with Crippen molar-refractivity contribution >= 4 is 11.9 Å². The molecule has 2 atom stereocenters. The monoisotopic (exact) mass is 268 g/mol. The molecule has 2 aliphatic heterocycles. The third-order valence-corrected chi connectivity index (χ3v) is 4.46. The van der Waals surface area contributed by atoms with Crippen molar-refractivity contribution in [1.29, 1.82) is 0 Å². The summed E-state index contributed by atoms with van der Waals surface area (Å²) in [6.07, 6.45) is 4.63. The summed E-state index contributed by atoms with van der Waals surface area (Å²) >= 11 is 0. The van der Waals surface area contributed by atoms with E-state index in [-0.39, 0.29) is 11.8 Å². The first kappa shape index (κ1) is 14.3. The number of nitrogens with zero attached hydrogens (tertiary/aromatic N) is 1. The topological polar surface area (TPSA) is 69.6 Å². The number of amides is 1. The molecule has 2 rings (SSSR count). The van der Waals surface area contributed by atoms with Gasteiger partial charge in [0.25, 0.3) is 0 Å². The highest BCUT2D eigenvalue weighted by Gasteiger charge is 2.50. The fourth-order valence-electron chi connectivity index (χ4n) is 3.49. The molecule has 0 bridgehead atoms. The van der Waals surface area contributed by atoms with E-state index in [0.29, 0.717) is 25.9 Å². The van der Waals surface area contributed by atoms with Gasteiger partial charge in [-0.25, -0.2) is 4.79 Å². The van der Waals surface area contributed by atoms with Crippen LogP contribution in [0.2, 0.25) is 0 Å². The van der Waals surface area contributed by atoms with Gasteiger partial charge in [-0.1, -0.05) is 13.3 Å². The van der Waals surface area contributed by atoms with E-state index < -0.39 is 11.5 Å². The number of carbonyl (C=O) groups excluding carboxylic acids is 1. The maximum atomic E-state index is 12.6. The maximum Gasteiger partial charge on any atom is 0.329 e. The van der Waals surface area contributed by atoms with Gasteiger partial charge >= 0.3 is 5.97 Å². The SMILES string of the molecule is CCCC1(C(=O)O)CCCN1C(=O)C1CCCNC1. The first-order valence-corrected chi connectivity index (χ1v) is 7.37. The van der Waals surface area contributed by atoms with Gasteiger partial charge in [-0.2, -0.15) is 0 Å². The summed E-state index contributed by atoms with van der Waals surface area (Å²) in [6, 6.07) is 0. The molecule has 0 aromatic carbocycles. The third kappa shape index (κ3) is 2.61. The molecule has 0 saturated carbocycles. The highest BCUT2D eigenvalue weighted by molar-refractivity contribution is 5.89. The van der Waals surface area contributed by atoms with Crippen LogP contribution < -0.4 is 5.32 Å². The van der Waals surface area contributed by atoms with Gasteiger partial charge in [0, 0.05) is 13.1 Å². The Labute approximate surface area is 114 Å². The molecule has 0 aromatic heterocycles. The highest BCUT2D eigenvalue weighted by Crippen LogP contribution is 2.35. The van der Waals surface area contributed by atoms with Crippen LogP contribution in [-0.2, 0) is 9.59 Å². The average Bonchev–Trinajstić information content (AvgIpc) is 2.84. The first-order chi connectivity index (χ1) is 9.12. The van der Waals surface area contributed by atoms with Crippen molar-refractivity contribution in [2.24, 2.45) is 5.92 Å². The second kappa shape index (κ2) is 5.90. The van der Waals surface area contributed by atoms with Crippen molar-refractivity contribution in [3.05, 3.63) is 0 Å². The summed E-state index contributed by atoms with van der Waals surface area (Å²) < 4.78 is 0. The Kier molecular flexibility index (Phi) is 4.45. The van der Waals surface area contributed by atoms with Gasteiger partial charge in [-0.05, 0) is 38.6 Å². The van der Waals surface area contributed by atoms with Gasteiger partial charge in [-0.3, -0.25) is 4.79 Å². The van der Waals surface area contributed by atoms with Crippen LogP contribution in [0.25, 0.3) is 0 Å². The van der Waals surface area contributed by atoms with Gasteiger partial charge in [0.2, 0.25) is 5.91 Å². The number of hydrogen-bond acceptors (Lipinski definition) is 3. The molecule has 2 heterocycles. The van der Waals surface area contributed by atoms with E-state index in [1.807, 2.05) is 6.92 Å². The molecule has 0 aromatic rings. The zero-order valence-corrected chi connectivity index (χ0v) is 11.7. The van der Waals surface area contributed by atoms with Crippen LogP contribution in [0.15, 0.2) is 0 Å². The normalized spacial score (nSPS) is 31.4. The van der Waals surface area contributed by atoms with Gasteiger partial charge < -0.3 is 15.3 Å². The summed E-state index contributed by atoms with van der Waals surface area (Å²) in [6.45, 7) is 4.23. The lowest BCUT2D eigenvalue weighted by Gasteiger charge is -2.37. The Hall–Kier alpha value is -1.10. The number of carboxylic acids is 1. The molecule has 0 aliphatic carbocycles. The van der Waals surface area contributed by atoms with Crippen LogP contribution >= 0.6 is 0 Å². The Morgan fingerprint density at radius 3 is 2.79 bits per heavy atom. The summed E-state index contributed by atoms with van der Waals surface area (Å²) in [5.74, 6) is -0.827. The molecule has 19 heavy (non-hydrogen) atoms. The Morgan fingerprint density at radius 2 is 2.21 bits per heavy atom. The van der Waals surface area contributed by atoms with Crippen molar-refractivity contribution in [2.75, 3.05) is 19.6 Å². The molecule has 0 radical (unpaired) electrons. The summed E-state index contributed by atoms with van der Waals surface area (Å²) in [5, 5.41) is 12.8. The molecule has 2 unspecified atom stereocenters. The summed E-state index contributed by atoms with van der Waals surface area (Å²) in [4.78, 5) is 26.0. The number of aliphatic carboxylic acids is 1. The maximum absolute atomic E-state index is 12.6. The highest BCUT2D eigenvalue weighted by atomic mass is 16.4. The number of carboxylic acid groups (broad SMARTS) is 1. The van der Waals surface area contributed by atoms with Gasteiger partial charge in [0.15, 0.2) is 0 Å². The van der Waals surface area contributed by atoms with Crippen LogP contribution in [0.1, 0.15) is 45.4 Å². The molecule has 5 heteroatoms. The third-order valence-electron chi connectivity index (χ3n) is 4.46. The summed E-state index contributed by atoms with van der Waals surface area (Å²) in [7, 11) is 0. The number of rotatable bonds is 4. The number of hydrogen-bond donors (Lipinski definition) is 2. The van der Waals surface area contributed by atoms with E-state index in [1.54, 1.807) is 4.90 Å². The molecule has 108 valence electrons. The quantitative estimate of drug-likeness (QED) is 0.804. The van der Waals surface area contributed by atoms with Crippen LogP contribution in [-0.4, -0.2) is 47.1 Å². The smallest absolute Gasteiger partial charge is 0.329 e. The molecule has 5 nitrogen and oxygen atoms in total.